The minimum absolute atomic E-state index is 0.152. The molecule has 1 aromatic heterocycles. The fourth-order valence-corrected chi connectivity index (χ4v) is 2.80. The molecule has 2 heterocycles. The number of halogens is 3. The molecular formula is C14H20F3N3O. The molecule has 2 rings (SSSR count). The van der Waals surface area contributed by atoms with Crippen LogP contribution in [0.4, 0.5) is 13.2 Å². The van der Waals surface area contributed by atoms with Gasteiger partial charge in [0.05, 0.1) is 5.69 Å². The molecule has 0 N–H and O–H groups in total. The van der Waals surface area contributed by atoms with Gasteiger partial charge in [0.25, 0.3) is 0 Å². The normalized spacial score (nSPS) is 17.3. The molecule has 0 atom stereocenters. The van der Waals surface area contributed by atoms with Crippen molar-refractivity contribution < 1.29 is 18.0 Å². The van der Waals surface area contributed by atoms with Crippen LogP contribution in [0.15, 0.2) is 6.07 Å². The zero-order valence-electron chi connectivity index (χ0n) is 12.3. The van der Waals surface area contributed by atoms with Crippen LogP contribution in [0.5, 0.6) is 0 Å². The molecule has 21 heavy (non-hydrogen) atoms. The molecular weight excluding hydrogens is 283 g/mol. The number of aromatic nitrogens is 2. The fraction of sp³-hybridized carbons (Fsp3) is 0.714. The molecule has 1 aliphatic heterocycles. The van der Waals surface area contributed by atoms with Crippen molar-refractivity contribution in [2.24, 2.45) is 0 Å². The van der Waals surface area contributed by atoms with E-state index in [4.69, 9.17) is 0 Å². The first-order chi connectivity index (χ1) is 9.86. The van der Waals surface area contributed by atoms with E-state index in [2.05, 4.69) is 5.10 Å². The summed E-state index contributed by atoms with van der Waals surface area (Å²) < 4.78 is 39.2. The Hall–Kier alpha value is -1.53. The molecule has 0 saturated carbocycles. The predicted octanol–water partition coefficient (Wildman–Crippen LogP) is 2.73. The van der Waals surface area contributed by atoms with Crippen LogP contribution in [-0.4, -0.2) is 39.9 Å². The lowest BCUT2D eigenvalue weighted by Crippen LogP contribution is -2.45. The van der Waals surface area contributed by atoms with Crippen LogP contribution in [0.3, 0.4) is 0 Å². The topological polar surface area (TPSA) is 38.1 Å². The van der Waals surface area contributed by atoms with Crippen molar-refractivity contribution in [2.45, 2.75) is 51.7 Å². The summed E-state index contributed by atoms with van der Waals surface area (Å²) in [6.07, 6.45) is -2.83. The molecule has 0 bridgehead atoms. The van der Waals surface area contributed by atoms with E-state index in [1.165, 1.54) is 0 Å². The van der Waals surface area contributed by atoms with Gasteiger partial charge < -0.3 is 4.90 Å². The summed E-state index contributed by atoms with van der Waals surface area (Å²) in [5, 5.41) is 4.47. The Morgan fingerprint density at radius 1 is 1.33 bits per heavy atom. The standard InChI is InChI=1S/C14H20F3N3O/c1-3-11-9-12(20(4-2)18-11)10-5-7-19(8-6-10)13(21)14(15,16)17/h9-10H,3-8H2,1-2H3. The first kappa shape index (κ1) is 15.9. The van der Waals surface area contributed by atoms with Gasteiger partial charge in [0.2, 0.25) is 0 Å². The summed E-state index contributed by atoms with van der Waals surface area (Å²) in [6.45, 7) is 5.07. The number of alkyl halides is 3. The summed E-state index contributed by atoms with van der Waals surface area (Å²) in [7, 11) is 0. The second-order valence-corrected chi connectivity index (χ2v) is 5.29. The maximum atomic E-state index is 12.4. The fourth-order valence-electron chi connectivity index (χ4n) is 2.80. The molecule has 0 unspecified atom stereocenters. The van der Waals surface area contributed by atoms with Crippen molar-refractivity contribution in [2.75, 3.05) is 13.1 Å². The highest BCUT2D eigenvalue weighted by Gasteiger charge is 2.43. The molecule has 0 aromatic carbocycles. The van der Waals surface area contributed by atoms with Crippen LogP contribution in [0, 0.1) is 0 Å². The van der Waals surface area contributed by atoms with E-state index in [0.29, 0.717) is 12.8 Å². The smallest absolute Gasteiger partial charge is 0.335 e. The van der Waals surface area contributed by atoms with Gasteiger partial charge in [-0.15, -0.1) is 0 Å². The monoisotopic (exact) mass is 303 g/mol. The van der Waals surface area contributed by atoms with Crippen molar-refractivity contribution >= 4 is 5.91 Å². The Morgan fingerprint density at radius 2 is 1.95 bits per heavy atom. The average Bonchev–Trinajstić information content (AvgIpc) is 2.89. The van der Waals surface area contributed by atoms with Gasteiger partial charge >= 0.3 is 12.1 Å². The average molecular weight is 303 g/mol. The Bertz CT molecular complexity index is 502. The van der Waals surface area contributed by atoms with Crippen LogP contribution in [0.1, 0.15) is 44.0 Å². The minimum Gasteiger partial charge on any atom is -0.335 e. The summed E-state index contributed by atoms with van der Waals surface area (Å²) in [5.41, 5.74) is 2.08. The lowest BCUT2D eigenvalue weighted by molar-refractivity contribution is -0.186. The lowest BCUT2D eigenvalue weighted by atomic mass is 9.93. The number of hydrogen-bond acceptors (Lipinski definition) is 2. The third-order valence-electron chi connectivity index (χ3n) is 3.97. The molecule has 0 aliphatic carbocycles. The largest absolute Gasteiger partial charge is 0.471 e. The summed E-state index contributed by atoms with van der Waals surface area (Å²) >= 11 is 0. The summed E-state index contributed by atoms with van der Waals surface area (Å²) in [5.74, 6) is -1.55. The van der Waals surface area contributed by atoms with Gasteiger partial charge in [-0.1, -0.05) is 6.92 Å². The molecule has 1 saturated heterocycles. The van der Waals surface area contributed by atoms with Crippen molar-refractivity contribution in [1.29, 1.82) is 0 Å². The molecule has 7 heteroatoms. The summed E-state index contributed by atoms with van der Waals surface area (Å²) in [6, 6.07) is 2.04. The van der Waals surface area contributed by atoms with Crippen molar-refractivity contribution in [3.05, 3.63) is 17.5 Å². The van der Waals surface area contributed by atoms with Crippen LogP contribution in [-0.2, 0) is 17.8 Å². The number of piperidine rings is 1. The number of likely N-dealkylation sites (tertiary alicyclic amines) is 1. The predicted molar refractivity (Wildman–Crippen MR) is 71.9 cm³/mol. The Morgan fingerprint density at radius 3 is 2.43 bits per heavy atom. The zero-order chi connectivity index (χ0) is 15.6. The third-order valence-corrected chi connectivity index (χ3v) is 3.97. The molecule has 0 spiro atoms. The molecule has 1 aliphatic rings. The number of amides is 1. The minimum atomic E-state index is -4.77. The number of rotatable bonds is 3. The number of aryl methyl sites for hydroxylation is 2. The van der Waals surface area contributed by atoms with Gasteiger partial charge in [0, 0.05) is 31.2 Å². The van der Waals surface area contributed by atoms with Gasteiger partial charge in [-0.3, -0.25) is 9.48 Å². The van der Waals surface area contributed by atoms with Crippen molar-refractivity contribution in [1.82, 2.24) is 14.7 Å². The van der Waals surface area contributed by atoms with Gasteiger partial charge in [0.15, 0.2) is 0 Å². The Labute approximate surface area is 121 Å². The highest BCUT2D eigenvalue weighted by Crippen LogP contribution is 2.30. The quantitative estimate of drug-likeness (QED) is 0.861. The SMILES string of the molecule is CCc1cc(C2CCN(C(=O)C(F)(F)F)CC2)n(CC)n1. The van der Waals surface area contributed by atoms with Crippen molar-refractivity contribution in [3.8, 4) is 0 Å². The van der Waals surface area contributed by atoms with Crippen LogP contribution in [0.25, 0.3) is 0 Å². The first-order valence-corrected chi connectivity index (χ1v) is 7.29. The van der Waals surface area contributed by atoms with Gasteiger partial charge in [-0.25, -0.2) is 0 Å². The molecule has 0 radical (unpaired) electrons. The Balaban J connectivity index is 2.04. The molecule has 4 nitrogen and oxygen atoms in total. The van der Waals surface area contributed by atoms with E-state index in [-0.39, 0.29) is 19.0 Å². The number of carbonyl (C=O) groups excluding carboxylic acids is 1. The van der Waals surface area contributed by atoms with E-state index >= 15 is 0 Å². The van der Waals surface area contributed by atoms with Crippen LogP contribution < -0.4 is 0 Å². The van der Waals surface area contributed by atoms with Crippen LogP contribution >= 0.6 is 0 Å². The molecule has 1 aromatic rings. The number of carbonyl (C=O) groups is 1. The van der Waals surface area contributed by atoms with E-state index in [1.54, 1.807) is 0 Å². The highest BCUT2D eigenvalue weighted by molar-refractivity contribution is 5.81. The second kappa shape index (κ2) is 6.07. The van der Waals surface area contributed by atoms with E-state index in [1.807, 2.05) is 24.6 Å². The Kier molecular flexibility index (Phi) is 4.58. The highest BCUT2D eigenvalue weighted by atomic mass is 19.4. The van der Waals surface area contributed by atoms with E-state index in [9.17, 15) is 18.0 Å². The second-order valence-electron chi connectivity index (χ2n) is 5.29. The first-order valence-electron chi connectivity index (χ1n) is 7.29. The van der Waals surface area contributed by atoms with Crippen molar-refractivity contribution in [3.63, 3.8) is 0 Å². The molecule has 1 amide bonds. The maximum Gasteiger partial charge on any atom is 0.471 e. The van der Waals surface area contributed by atoms with Gasteiger partial charge in [0.1, 0.15) is 0 Å². The summed E-state index contributed by atoms with van der Waals surface area (Å²) in [4.78, 5) is 12.1. The van der Waals surface area contributed by atoms with Gasteiger partial charge in [-0.2, -0.15) is 18.3 Å². The molecule has 118 valence electrons. The van der Waals surface area contributed by atoms with E-state index < -0.39 is 12.1 Å². The van der Waals surface area contributed by atoms with Crippen LogP contribution in [0.2, 0.25) is 0 Å². The maximum absolute atomic E-state index is 12.4. The molecule has 1 fully saturated rings. The lowest BCUT2D eigenvalue weighted by Gasteiger charge is -2.32. The number of hydrogen-bond donors (Lipinski definition) is 0. The third kappa shape index (κ3) is 3.39. The van der Waals surface area contributed by atoms with E-state index in [0.717, 1.165) is 29.3 Å². The zero-order valence-corrected chi connectivity index (χ0v) is 12.3. The van der Waals surface area contributed by atoms with Gasteiger partial charge in [-0.05, 0) is 32.3 Å². The number of nitrogens with zero attached hydrogens (tertiary/aromatic N) is 3.